The maximum absolute atomic E-state index is 5.89. The van der Waals surface area contributed by atoms with E-state index in [2.05, 4.69) is 18.8 Å². The summed E-state index contributed by atoms with van der Waals surface area (Å²) in [6.45, 7) is 6.46. The van der Waals surface area contributed by atoms with Gasteiger partial charge in [-0.25, -0.2) is 0 Å². The molecule has 0 saturated carbocycles. The number of hydrogen-bond donors (Lipinski definition) is 2. The van der Waals surface area contributed by atoms with Crippen molar-refractivity contribution >= 4 is 5.69 Å². The standard InChI is InChI=1S/C12H21N3/c1-9(13)6-12(2,3)7-10-8-15-5-4-11(10)14/h4-5,8-9H,6-7,13H2,1-3H3,(H2,14,15). The zero-order valence-electron chi connectivity index (χ0n) is 9.83. The van der Waals surface area contributed by atoms with Crippen LogP contribution < -0.4 is 11.5 Å². The van der Waals surface area contributed by atoms with E-state index in [4.69, 9.17) is 11.5 Å². The van der Waals surface area contributed by atoms with Gasteiger partial charge in [-0.1, -0.05) is 13.8 Å². The highest BCUT2D eigenvalue weighted by Gasteiger charge is 2.21. The summed E-state index contributed by atoms with van der Waals surface area (Å²) in [5.41, 5.74) is 13.8. The molecule has 4 N–H and O–H groups in total. The van der Waals surface area contributed by atoms with Crippen LogP contribution in [-0.4, -0.2) is 11.0 Å². The summed E-state index contributed by atoms with van der Waals surface area (Å²) in [5.74, 6) is 0. The number of nitrogen functional groups attached to an aromatic ring is 1. The van der Waals surface area contributed by atoms with Crippen molar-refractivity contribution in [1.82, 2.24) is 4.98 Å². The third kappa shape index (κ3) is 3.88. The minimum Gasteiger partial charge on any atom is -0.398 e. The molecule has 1 heterocycles. The summed E-state index contributed by atoms with van der Waals surface area (Å²) < 4.78 is 0. The van der Waals surface area contributed by atoms with Crippen LogP contribution in [0.25, 0.3) is 0 Å². The van der Waals surface area contributed by atoms with Crippen LogP contribution in [0.4, 0.5) is 5.69 Å². The number of aromatic nitrogens is 1. The monoisotopic (exact) mass is 207 g/mol. The molecular formula is C12H21N3. The zero-order valence-corrected chi connectivity index (χ0v) is 9.83. The smallest absolute Gasteiger partial charge is 0.0377 e. The number of nitrogens with two attached hydrogens (primary N) is 2. The second-order valence-corrected chi connectivity index (χ2v) is 5.10. The molecule has 0 fully saturated rings. The Morgan fingerprint density at radius 2 is 2.13 bits per heavy atom. The van der Waals surface area contributed by atoms with Gasteiger partial charge in [0, 0.05) is 24.1 Å². The normalized spacial score (nSPS) is 13.9. The van der Waals surface area contributed by atoms with Crippen LogP contribution in [0.2, 0.25) is 0 Å². The summed E-state index contributed by atoms with van der Waals surface area (Å²) in [7, 11) is 0. The summed E-state index contributed by atoms with van der Waals surface area (Å²) in [5, 5.41) is 0. The van der Waals surface area contributed by atoms with Crippen molar-refractivity contribution in [2.75, 3.05) is 5.73 Å². The number of nitrogens with zero attached hydrogens (tertiary/aromatic N) is 1. The molecule has 3 heteroatoms. The lowest BCUT2D eigenvalue weighted by atomic mass is 9.80. The van der Waals surface area contributed by atoms with Gasteiger partial charge in [0.15, 0.2) is 0 Å². The Bertz CT molecular complexity index is 318. The maximum atomic E-state index is 5.89. The average molecular weight is 207 g/mol. The fraction of sp³-hybridized carbons (Fsp3) is 0.583. The molecule has 1 unspecified atom stereocenters. The van der Waals surface area contributed by atoms with Gasteiger partial charge in [-0.2, -0.15) is 0 Å². The molecule has 1 rings (SSSR count). The molecule has 15 heavy (non-hydrogen) atoms. The van der Waals surface area contributed by atoms with Crippen molar-refractivity contribution in [1.29, 1.82) is 0 Å². The largest absolute Gasteiger partial charge is 0.398 e. The number of rotatable bonds is 4. The SMILES string of the molecule is CC(N)CC(C)(C)Cc1cnccc1N. The van der Waals surface area contributed by atoms with E-state index < -0.39 is 0 Å². The third-order valence-electron chi connectivity index (χ3n) is 2.48. The van der Waals surface area contributed by atoms with Crippen molar-refractivity contribution in [3.05, 3.63) is 24.0 Å². The Labute approximate surface area is 91.9 Å². The molecule has 3 nitrogen and oxygen atoms in total. The van der Waals surface area contributed by atoms with Gasteiger partial charge in [-0.05, 0) is 36.8 Å². The predicted molar refractivity (Wildman–Crippen MR) is 64.4 cm³/mol. The maximum Gasteiger partial charge on any atom is 0.0377 e. The Morgan fingerprint density at radius 1 is 1.47 bits per heavy atom. The van der Waals surface area contributed by atoms with E-state index in [0.717, 1.165) is 24.1 Å². The van der Waals surface area contributed by atoms with Gasteiger partial charge in [0.1, 0.15) is 0 Å². The number of hydrogen-bond acceptors (Lipinski definition) is 3. The van der Waals surface area contributed by atoms with E-state index in [1.54, 1.807) is 6.20 Å². The van der Waals surface area contributed by atoms with Crippen LogP contribution >= 0.6 is 0 Å². The molecule has 0 saturated heterocycles. The topological polar surface area (TPSA) is 64.9 Å². The Balaban J connectivity index is 2.73. The van der Waals surface area contributed by atoms with E-state index in [9.17, 15) is 0 Å². The number of anilines is 1. The number of pyridine rings is 1. The summed E-state index contributed by atoms with van der Waals surface area (Å²) in [4.78, 5) is 4.10. The second-order valence-electron chi connectivity index (χ2n) is 5.10. The highest BCUT2D eigenvalue weighted by atomic mass is 14.7. The van der Waals surface area contributed by atoms with Crippen LogP contribution in [0.5, 0.6) is 0 Å². The first-order valence-electron chi connectivity index (χ1n) is 5.35. The quantitative estimate of drug-likeness (QED) is 0.793. The van der Waals surface area contributed by atoms with Gasteiger partial charge in [0.25, 0.3) is 0 Å². The van der Waals surface area contributed by atoms with Crippen LogP contribution in [0, 0.1) is 5.41 Å². The molecule has 0 aliphatic rings. The van der Waals surface area contributed by atoms with Crippen LogP contribution in [0.3, 0.4) is 0 Å². The highest BCUT2D eigenvalue weighted by molar-refractivity contribution is 5.44. The van der Waals surface area contributed by atoms with Crippen LogP contribution in [0.1, 0.15) is 32.8 Å². The van der Waals surface area contributed by atoms with Crippen molar-refractivity contribution in [2.45, 2.75) is 39.7 Å². The van der Waals surface area contributed by atoms with Crippen molar-refractivity contribution in [3.63, 3.8) is 0 Å². The average Bonchev–Trinajstić information content (AvgIpc) is 2.06. The molecule has 0 aliphatic heterocycles. The lowest BCUT2D eigenvalue weighted by Crippen LogP contribution is -2.27. The second kappa shape index (κ2) is 4.62. The first kappa shape index (κ1) is 12.0. The van der Waals surface area contributed by atoms with Crippen molar-refractivity contribution < 1.29 is 0 Å². The van der Waals surface area contributed by atoms with E-state index in [1.807, 2.05) is 19.2 Å². The minimum atomic E-state index is 0.172. The van der Waals surface area contributed by atoms with Gasteiger partial charge in [-0.15, -0.1) is 0 Å². The van der Waals surface area contributed by atoms with Crippen LogP contribution in [-0.2, 0) is 6.42 Å². The molecule has 1 atom stereocenters. The van der Waals surface area contributed by atoms with Gasteiger partial charge < -0.3 is 11.5 Å². The van der Waals surface area contributed by atoms with Gasteiger partial charge in [0.2, 0.25) is 0 Å². The summed E-state index contributed by atoms with van der Waals surface area (Å²) in [6.07, 6.45) is 5.48. The Morgan fingerprint density at radius 3 is 2.67 bits per heavy atom. The lowest BCUT2D eigenvalue weighted by molar-refractivity contribution is 0.309. The summed E-state index contributed by atoms with van der Waals surface area (Å²) >= 11 is 0. The molecule has 0 aliphatic carbocycles. The van der Waals surface area contributed by atoms with Crippen molar-refractivity contribution in [2.24, 2.45) is 11.1 Å². The van der Waals surface area contributed by atoms with Crippen molar-refractivity contribution in [3.8, 4) is 0 Å². The molecule has 0 radical (unpaired) electrons. The molecule has 0 bridgehead atoms. The molecule has 0 spiro atoms. The third-order valence-corrected chi connectivity index (χ3v) is 2.48. The van der Waals surface area contributed by atoms with E-state index in [-0.39, 0.29) is 11.5 Å². The van der Waals surface area contributed by atoms with Gasteiger partial charge >= 0.3 is 0 Å². The van der Waals surface area contributed by atoms with Crippen LogP contribution in [0.15, 0.2) is 18.5 Å². The molecule has 84 valence electrons. The fourth-order valence-electron chi connectivity index (χ4n) is 2.04. The molecule has 1 aromatic heterocycles. The highest BCUT2D eigenvalue weighted by Crippen LogP contribution is 2.28. The summed E-state index contributed by atoms with van der Waals surface area (Å²) in [6, 6.07) is 2.06. The fourth-order valence-corrected chi connectivity index (χ4v) is 2.04. The van der Waals surface area contributed by atoms with Gasteiger partial charge in [0.05, 0.1) is 0 Å². The van der Waals surface area contributed by atoms with Gasteiger partial charge in [-0.3, -0.25) is 4.98 Å². The minimum absolute atomic E-state index is 0.172. The molecule has 1 aromatic rings. The lowest BCUT2D eigenvalue weighted by Gasteiger charge is -2.27. The first-order valence-corrected chi connectivity index (χ1v) is 5.35. The Kier molecular flexibility index (Phi) is 3.69. The van der Waals surface area contributed by atoms with E-state index in [0.29, 0.717) is 0 Å². The van der Waals surface area contributed by atoms with E-state index in [1.165, 1.54) is 0 Å². The molecule has 0 aromatic carbocycles. The Hall–Kier alpha value is -1.09. The first-order chi connectivity index (χ1) is 6.91. The predicted octanol–water partition coefficient (Wildman–Crippen LogP) is 1.97. The molecular weight excluding hydrogens is 186 g/mol. The molecule has 0 amide bonds. The zero-order chi connectivity index (χ0) is 11.5. The van der Waals surface area contributed by atoms with E-state index >= 15 is 0 Å².